The van der Waals surface area contributed by atoms with Gasteiger partial charge in [0.05, 0.1) is 12.3 Å². The molecule has 3 rings (SSSR count). The number of hydrogen-bond donors (Lipinski definition) is 0. The van der Waals surface area contributed by atoms with Crippen LogP contribution in [0.25, 0.3) is 10.8 Å². The fourth-order valence-corrected chi connectivity index (χ4v) is 4.06. The Labute approximate surface area is 150 Å². The van der Waals surface area contributed by atoms with Gasteiger partial charge in [0.2, 0.25) is 5.91 Å². The SMILES string of the molecule is C=CCN(Cc1cccs1)C(=O)CSc1ccc2ccccc2c1. The van der Waals surface area contributed by atoms with Crippen LogP contribution in [0.5, 0.6) is 0 Å². The van der Waals surface area contributed by atoms with Gasteiger partial charge in [-0.15, -0.1) is 29.7 Å². The summed E-state index contributed by atoms with van der Waals surface area (Å²) in [5, 5.41) is 4.46. The van der Waals surface area contributed by atoms with Gasteiger partial charge in [-0.25, -0.2) is 0 Å². The molecule has 24 heavy (non-hydrogen) atoms. The molecule has 0 aliphatic heterocycles. The highest BCUT2D eigenvalue weighted by atomic mass is 32.2. The van der Waals surface area contributed by atoms with Crippen molar-refractivity contribution in [3.63, 3.8) is 0 Å². The summed E-state index contributed by atoms with van der Waals surface area (Å²) in [4.78, 5) is 16.7. The van der Waals surface area contributed by atoms with Crippen LogP contribution < -0.4 is 0 Å². The van der Waals surface area contributed by atoms with Gasteiger partial charge < -0.3 is 4.90 Å². The van der Waals surface area contributed by atoms with E-state index in [1.54, 1.807) is 29.2 Å². The third-order valence-electron chi connectivity index (χ3n) is 3.71. The summed E-state index contributed by atoms with van der Waals surface area (Å²) >= 11 is 3.26. The Kier molecular flexibility index (Phi) is 5.72. The van der Waals surface area contributed by atoms with Gasteiger partial charge >= 0.3 is 0 Å². The number of benzene rings is 2. The summed E-state index contributed by atoms with van der Waals surface area (Å²) in [6.45, 7) is 5.00. The summed E-state index contributed by atoms with van der Waals surface area (Å²) in [6, 6.07) is 18.7. The third kappa shape index (κ3) is 4.28. The summed E-state index contributed by atoms with van der Waals surface area (Å²) in [6.07, 6.45) is 1.78. The van der Waals surface area contributed by atoms with Crippen LogP contribution in [0.1, 0.15) is 4.88 Å². The maximum Gasteiger partial charge on any atom is 0.233 e. The van der Waals surface area contributed by atoms with Crippen LogP contribution in [0.2, 0.25) is 0 Å². The normalized spacial score (nSPS) is 10.7. The number of amides is 1. The molecule has 2 nitrogen and oxygen atoms in total. The average molecular weight is 354 g/mol. The lowest BCUT2D eigenvalue weighted by Gasteiger charge is -2.20. The zero-order valence-corrected chi connectivity index (χ0v) is 15.0. The molecule has 1 aromatic heterocycles. The Bertz CT molecular complexity index is 827. The molecule has 2 aromatic carbocycles. The summed E-state index contributed by atoms with van der Waals surface area (Å²) < 4.78 is 0. The van der Waals surface area contributed by atoms with Gasteiger partial charge in [-0.3, -0.25) is 4.79 Å². The first-order valence-electron chi connectivity index (χ1n) is 7.79. The van der Waals surface area contributed by atoms with Crippen LogP contribution in [0.3, 0.4) is 0 Å². The molecule has 0 bridgehead atoms. The summed E-state index contributed by atoms with van der Waals surface area (Å²) in [7, 11) is 0. The van der Waals surface area contributed by atoms with Crippen molar-refractivity contribution in [1.82, 2.24) is 4.90 Å². The van der Waals surface area contributed by atoms with Crippen LogP contribution in [-0.2, 0) is 11.3 Å². The second-order valence-corrected chi connectivity index (χ2v) is 7.52. The number of fused-ring (bicyclic) bond motifs is 1. The Morgan fingerprint density at radius 2 is 1.96 bits per heavy atom. The van der Waals surface area contributed by atoms with E-state index in [-0.39, 0.29) is 5.91 Å². The summed E-state index contributed by atoms with van der Waals surface area (Å²) in [5.74, 6) is 0.582. The van der Waals surface area contributed by atoms with Crippen molar-refractivity contribution in [1.29, 1.82) is 0 Å². The van der Waals surface area contributed by atoms with Crippen molar-refractivity contribution in [3.8, 4) is 0 Å². The van der Waals surface area contributed by atoms with Crippen molar-refractivity contribution in [2.75, 3.05) is 12.3 Å². The first-order chi connectivity index (χ1) is 11.8. The van der Waals surface area contributed by atoms with Crippen molar-refractivity contribution in [2.45, 2.75) is 11.4 Å². The Morgan fingerprint density at radius 3 is 2.71 bits per heavy atom. The Balaban J connectivity index is 1.64. The molecule has 0 spiro atoms. The monoisotopic (exact) mass is 353 g/mol. The first-order valence-corrected chi connectivity index (χ1v) is 9.65. The second kappa shape index (κ2) is 8.18. The van der Waals surface area contributed by atoms with Gasteiger partial charge in [-0.05, 0) is 34.4 Å². The molecule has 0 N–H and O–H groups in total. The number of thiophene rings is 1. The predicted octanol–water partition coefficient (Wildman–Crippen LogP) is 5.21. The number of carbonyl (C=O) groups excluding carboxylic acids is 1. The topological polar surface area (TPSA) is 20.3 Å². The zero-order chi connectivity index (χ0) is 16.8. The molecular weight excluding hydrogens is 334 g/mol. The maximum absolute atomic E-state index is 12.6. The molecule has 1 heterocycles. The quantitative estimate of drug-likeness (QED) is 0.429. The number of carbonyl (C=O) groups is 1. The van der Waals surface area contributed by atoms with Crippen LogP contribution in [0.4, 0.5) is 0 Å². The molecule has 0 radical (unpaired) electrons. The van der Waals surface area contributed by atoms with Gasteiger partial charge in [0, 0.05) is 16.3 Å². The van der Waals surface area contributed by atoms with Crippen molar-refractivity contribution in [2.24, 2.45) is 0 Å². The molecule has 0 unspecified atom stereocenters. The molecular formula is C20H19NOS2. The number of thioether (sulfide) groups is 1. The van der Waals surface area contributed by atoms with E-state index in [1.165, 1.54) is 15.6 Å². The molecule has 3 aromatic rings. The van der Waals surface area contributed by atoms with E-state index in [2.05, 4.69) is 43.0 Å². The fourth-order valence-electron chi connectivity index (χ4n) is 2.49. The van der Waals surface area contributed by atoms with Crippen molar-refractivity contribution in [3.05, 3.63) is 77.5 Å². The second-order valence-electron chi connectivity index (χ2n) is 5.44. The standard InChI is InChI=1S/C20H19NOS2/c1-2-11-21(14-19-8-5-12-23-19)20(22)15-24-18-10-9-16-6-3-4-7-17(16)13-18/h2-10,12-13H,1,11,14-15H2. The molecule has 0 fully saturated rings. The highest BCUT2D eigenvalue weighted by molar-refractivity contribution is 8.00. The minimum atomic E-state index is 0.140. The lowest BCUT2D eigenvalue weighted by atomic mass is 10.1. The number of hydrogen-bond acceptors (Lipinski definition) is 3. The molecule has 0 aliphatic rings. The van der Waals surface area contributed by atoms with Crippen molar-refractivity contribution >= 4 is 39.8 Å². The maximum atomic E-state index is 12.6. The van der Waals surface area contributed by atoms with Gasteiger partial charge in [0.15, 0.2) is 0 Å². The van der Waals surface area contributed by atoms with Crippen molar-refractivity contribution < 1.29 is 4.79 Å². The molecule has 1 amide bonds. The molecule has 0 saturated carbocycles. The lowest BCUT2D eigenvalue weighted by Crippen LogP contribution is -2.31. The Morgan fingerprint density at radius 1 is 1.12 bits per heavy atom. The van der Waals surface area contributed by atoms with Crippen LogP contribution in [0, 0.1) is 0 Å². The van der Waals surface area contributed by atoms with E-state index in [0.717, 1.165) is 4.90 Å². The summed E-state index contributed by atoms with van der Waals surface area (Å²) in [5.41, 5.74) is 0. The average Bonchev–Trinajstić information content (AvgIpc) is 3.12. The van der Waals surface area contributed by atoms with Gasteiger partial charge in [0.1, 0.15) is 0 Å². The zero-order valence-electron chi connectivity index (χ0n) is 13.4. The third-order valence-corrected chi connectivity index (χ3v) is 5.55. The molecule has 122 valence electrons. The largest absolute Gasteiger partial charge is 0.333 e. The highest BCUT2D eigenvalue weighted by Crippen LogP contribution is 2.24. The van der Waals surface area contributed by atoms with E-state index in [1.807, 2.05) is 28.5 Å². The minimum Gasteiger partial charge on any atom is -0.333 e. The molecule has 0 aliphatic carbocycles. The van der Waals surface area contributed by atoms with Crippen LogP contribution in [-0.4, -0.2) is 23.1 Å². The van der Waals surface area contributed by atoms with E-state index in [9.17, 15) is 4.79 Å². The van der Waals surface area contributed by atoms with Crippen LogP contribution >= 0.6 is 23.1 Å². The van der Waals surface area contributed by atoms with Gasteiger partial charge in [0.25, 0.3) is 0 Å². The van der Waals surface area contributed by atoms with Gasteiger partial charge in [-0.1, -0.05) is 42.5 Å². The first kappa shape index (κ1) is 16.8. The smallest absolute Gasteiger partial charge is 0.233 e. The number of nitrogens with zero attached hydrogens (tertiary/aromatic N) is 1. The Hall–Kier alpha value is -2.04. The number of rotatable bonds is 7. The van der Waals surface area contributed by atoms with E-state index in [4.69, 9.17) is 0 Å². The molecule has 0 atom stereocenters. The van der Waals surface area contributed by atoms with Crippen LogP contribution in [0.15, 0.2) is 77.5 Å². The van der Waals surface area contributed by atoms with Gasteiger partial charge in [-0.2, -0.15) is 0 Å². The minimum absolute atomic E-state index is 0.140. The lowest BCUT2D eigenvalue weighted by molar-refractivity contribution is -0.128. The highest BCUT2D eigenvalue weighted by Gasteiger charge is 2.13. The predicted molar refractivity (Wildman–Crippen MR) is 105 cm³/mol. The van der Waals surface area contributed by atoms with E-state index in [0.29, 0.717) is 18.8 Å². The fraction of sp³-hybridized carbons (Fsp3) is 0.150. The molecule has 0 saturated heterocycles. The van der Waals surface area contributed by atoms with E-state index >= 15 is 0 Å². The van der Waals surface area contributed by atoms with E-state index < -0.39 is 0 Å². The molecule has 4 heteroatoms.